The molecule has 84 valence electrons. The largest absolute Gasteiger partial charge is 0.206 e. The predicted octanol–water partition coefficient (Wildman–Crippen LogP) is 4.61. The summed E-state index contributed by atoms with van der Waals surface area (Å²) in [5, 5.41) is 0. The SMILES string of the molecule is CC(CCl)(CCl)Cc1ccc(F)c(Br)c1. The van der Waals surface area contributed by atoms with Crippen molar-refractivity contribution in [2.75, 3.05) is 11.8 Å². The Labute approximate surface area is 108 Å². The Bertz CT molecular complexity index is 337. The Morgan fingerprint density at radius 2 is 1.93 bits per heavy atom. The highest BCUT2D eigenvalue weighted by Crippen LogP contribution is 2.27. The van der Waals surface area contributed by atoms with E-state index < -0.39 is 0 Å². The molecule has 0 aliphatic rings. The van der Waals surface area contributed by atoms with E-state index in [9.17, 15) is 4.39 Å². The third-order valence-corrected chi connectivity index (χ3v) is 4.16. The van der Waals surface area contributed by atoms with Crippen molar-refractivity contribution in [1.82, 2.24) is 0 Å². The van der Waals surface area contributed by atoms with Crippen LogP contribution in [0.1, 0.15) is 12.5 Å². The van der Waals surface area contributed by atoms with Crippen molar-refractivity contribution in [1.29, 1.82) is 0 Å². The maximum absolute atomic E-state index is 13.0. The van der Waals surface area contributed by atoms with E-state index in [4.69, 9.17) is 23.2 Å². The predicted molar refractivity (Wildman–Crippen MR) is 67.4 cm³/mol. The second-order valence-electron chi connectivity index (χ2n) is 4.00. The molecular weight excluding hydrogens is 302 g/mol. The molecule has 15 heavy (non-hydrogen) atoms. The summed E-state index contributed by atoms with van der Waals surface area (Å²) in [6, 6.07) is 4.98. The number of halogens is 4. The fourth-order valence-corrected chi connectivity index (χ4v) is 2.17. The molecule has 0 N–H and O–H groups in total. The van der Waals surface area contributed by atoms with Gasteiger partial charge in [0.2, 0.25) is 0 Å². The number of alkyl halides is 2. The number of hydrogen-bond acceptors (Lipinski definition) is 0. The van der Waals surface area contributed by atoms with Gasteiger partial charge in [0.05, 0.1) is 4.47 Å². The minimum Gasteiger partial charge on any atom is -0.206 e. The topological polar surface area (TPSA) is 0 Å². The first-order chi connectivity index (χ1) is 7.00. The molecule has 1 aromatic rings. The summed E-state index contributed by atoms with van der Waals surface area (Å²) in [7, 11) is 0. The standard InChI is InChI=1S/C11H12BrCl2F/c1-11(6-13,7-14)5-8-2-3-10(15)9(12)4-8/h2-4H,5-7H2,1H3. The lowest BCUT2D eigenvalue weighted by Crippen LogP contribution is -2.23. The fourth-order valence-electron chi connectivity index (χ4n) is 1.27. The molecule has 0 spiro atoms. The van der Waals surface area contributed by atoms with Crippen LogP contribution >= 0.6 is 39.1 Å². The van der Waals surface area contributed by atoms with Gasteiger partial charge in [-0.15, -0.1) is 23.2 Å². The van der Waals surface area contributed by atoms with Crippen molar-refractivity contribution < 1.29 is 4.39 Å². The van der Waals surface area contributed by atoms with Gasteiger partial charge in [-0.1, -0.05) is 13.0 Å². The Morgan fingerprint density at radius 3 is 2.40 bits per heavy atom. The van der Waals surface area contributed by atoms with Gasteiger partial charge in [0.25, 0.3) is 0 Å². The van der Waals surface area contributed by atoms with Crippen molar-refractivity contribution in [2.45, 2.75) is 13.3 Å². The van der Waals surface area contributed by atoms with Crippen molar-refractivity contribution >= 4 is 39.1 Å². The first-order valence-corrected chi connectivity index (χ1v) is 6.43. The molecule has 1 aromatic carbocycles. The Hall–Kier alpha value is 0.210. The number of benzene rings is 1. The Balaban J connectivity index is 2.85. The van der Waals surface area contributed by atoms with Crippen LogP contribution in [-0.4, -0.2) is 11.8 Å². The van der Waals surface area contributed by atoms with Crippen molar-refractivity contribution in [3.8, 4) is 0 Å². The van der Waals surface area contributed by atoms with Crippen LogP contribution in [0.4, 0.5) is 4.39 Å². The molecule has 1 rings (SSSR count). The van der Waals surface area contributed by atoms with Gasteiger partial charge in [-0.2, -0.15) is 0 Å². The zero-order chi connectivity index (χ0) is 11.5. The Morgan fingerprint density at radius 1 is 1.33 bits per heavy atom. The summed E-state index contributed by atoms with van der Waals surface area (Å²) in [5.74, 6) is 0.731. The third-order valence-electron chi connectivity index (χ3n) is 2.26. The van der Waals surface area contributed by atoms with Crippen LogP contribution in [-0.2, 0) is 6.42 Å². The molecule has 0 aliphatic heterocycles. The monoisotopic (exact) mass is 312 g/mol. The van der Waals surface area contributed by atoms with E-state index in [-0.39, 0.29) is 11.2 Å². The highest BCUT2D eigenvalue weighted by atomic mass is 79.9. The molecule has 0 aromatic heterocycles. The molecule has 0 fully saturated rings. The average molecular weight is 314 g/mol. The van der Waals surface area contributed by atoms with Crippen LogP contribution in [0.25, 0.3) is 0 Å². The van der Waals surface area contributed by atoms with Crippen LogP contribution in [0.15, 0.2) is 22.7 Å². The van der Waals surface area contributed by atoms with Gasteiger partial charge in [0.15, 0.2) is 0 Å². The quantitative estimate of drug-likeness (QED) is 0.712. The minimum atomic E-state index is -0.253. The van der Waals surface area contributed by atoms with Crippen LogP contribution < -0.4 is 0 Å². The van der Waals surface area contributed by atoms with E-state index >= 15 is 0 Å². The van der Waals surface area contributed by atoms with Gasteiger partial charge < -0.3 is 0 Å². The summed E-state index contributed by atoms with van der Waals surface area (Å²) in [5.41, 5.74) is 0.896. The highest BCUT2D eigenvalue weighted by molar-refractivity contribution is 9.10. The molecular formula is C11H12BrCl2F. The maximum Gasteiger partial charge on any atom is 0.137 e. The van der Waals surface area contributed by atoms with Gasteiger partial charge in [-0.05, 0) is 45.5 Å². The number of rotatable bonds is 4. The molecule has 0 nitrogen and oxygen atoms in total. The average Bonchev–Trinajstić information content (AvgIpc) is 2.23. The van der Waals surface area contributed by atoms with Gasteiger partial charge in [-0.3, -0.25) is 0 Å². The smallest absolute Gasteiger partial charge is 0.137 e. The zero-order valence-corrected chi connectivity index (χ0v) is 11.5. The maximum atomic E-state index is 13.0. The van der Waals surface area contributed by atoms with E-state index in [1.807, 2.05) is 6.92 Å². The first kappa shape index (κ1) is 13.3. The minimum absolute atomic E-state index is 0.139. The van der Waals surface area contributed by atoms with E-state index in [2.05, 4.69) is 15.9 Å². The molecule has 4 heteroatoms. The Kier molecular flexibility index (Phi) is 4.88. The van der Waals surface area contributed by atoms with Crippen LogP contribution in [0.5, 0.6) is 0 Å². The number of hydrogen-bond donors (Lipinski definition) is 0. The lowest BCUT2D eigenvalue weighted by molar-refractivity contribution is 0.424. The molecule has 0 saturated heterocycles. The second-order valence-corrected chi connectivity index (χ2v) is 5.39. The molecule has 0 unspecified atom stereocenters. The summed E-state index contributed by atoms with van der Waals surface area (Å²) in [6.07, 6.45) is 0.749. The molecule has 0 heterocycles. The molecule has 0 atom stereocenters. The summed E-state index contributed by atoms with van der Waals surface area (Å²) < 4.78 is 13.5. The highest BCUT2D eigenvalue weighted by Gasteiger charge is 2.22. The summed E-state index contributed by atoms with van der Waals surface area (Å²) in [6.45, 7) is 2.02. The second kappa shape index (κ2) is 5.51. The van der Waals surface area contributed by atoms with Crippen LogP contribution in [0.3, 0.4) is 0 Å². The first-order valence-electron chi connectivity index (χ1n) is 4.56. The van der Waals surface area contributed by atoms with E-state index in [1.165, 1.54) is 6.07 Å². The molecule has 0 amide bonds. The third kappa shape index (κ3) is 3.61. The summed E-state index contributed by atoms with van der Waals surface area (Å²) >= 11 is 14.9. The van der Waals surface area contributed by atoms with Crippen LogP contribution in [0.2, 0.25) is 0 Å². The molecule has 0 saturated carbocycles. The van der Waals surface area contributed by atoms with Crippen molar-refractivity contribution in [2.24, 2.45) is 5.41 Å². The van der Waals surface area contributed by atoms with Gasteiger partial charge in [0.1, 0.15) is 5.82 Å². The summed E-state index contributed by atoms with van der Waals surface area (Å²) in [4.78, 5) is 0. The lowest BCUT2D eigenvalue weighted by atomic mass is 9.87. The normalized spacial score (nSPS) is 11.8. The van der Waals surface area contributed by atoms with E-state index in [0.29, 0.717) is 16.2 Å². The van der Waals surface area contributed by atoms with Crippen molar-refractivity contribution in [3.63, 3.8) is 0 Å². The molecule has 0 radical (unpaired) electrons. The lowest BCUT2D eigenvalue weighted by Gasteiger charge is -2.24. The molecule has 0 bridgehead atoms. The van der Waals surface area contributed by atoms with Crippen molar-refractivity contribution in [3.05, 3.63) is 34.1 Å². The fraction of sp³-hybridized carbons (Fsp3) is 0.455. The van der Waals surface area contributed by atoms with Gasteiger partial charge >= 0.3 is 0 Å². The van der Waals surface area contributed by atoms with Gasteiger partial charge in [0, 0.05) is 11.8 Å². The van der Waals surface area contributed by atoms with Crippen LogP contribution in [0, 0.1) is 11.2 Å². The van der Waals surface area contributed by atoms with E-state index in [0.717, 1.165) is 12.0 Å². The zero-order valence-electron chi connectivity index (χ0n) is 8.37. The van der Waals surface area contributed by atoms with Gasteiger partial charge in [-0.25, -0.2) is 4.39 Å². The van der Waals surface area contributed by atoms with E-state index in [1.54, 1.807) is 12.1 Å². The molecule has 0 aliphatic carbocycles.